The third kappa shape index (κ3) is 3.79. The number of likely N-dealkylation sites (tertiary alicyclic amines) is 1. The predicted molar refractivity (Wildman–Crippen MR) is 123 cm³/mol. The molecular formula is C22H29ClN5OS+. The van der Waals surface area contributed by atoms with E-state index in [0.717, 1.165) is 42.5 Å². The zero-order chi connectivity index (χ0) is 21.5. The maximum Gasteiger partial charge on any atom is 0.290 e. The van der Waals surface area contributed by atoms with Crippen molar-refractivity contribution < 1.29 is 8.99 Å². The fourth-order valence-electron chi connectivity index (χ4n) is 4.86. The number of fused-ring (bicyclic) bond motifs is 1. The van der Waals surface area contributed by atoms with Crippen LogP contribution in [0.5, 0.6) is 0 Å². The largest absolute Gasteiger partial charge is 0.437 e. The molecule has 0 radical (unpaired) electrons. The number of nitrogens with two attached hydrogens (primary N) is 1. The fraction of sp³-hybridized carbons (Fsp3) is 0.500. The molecule has 1 saturated heterocycles. The molecule has 2 heterocycles. The average molecular weight is 447 g/mol. The summed E-state index contributed by atoms with van der Waals surface area (Å²) in [6, 6.07) is 8.38. The molecule has 2 fully saturated rings. The molecular weight excluding hydrogens is 418 g/mol. The number of benzene rings is 1. The first-order chi connectivity index (χ1) is 14.3. The fourth-order valence-corrected chi connectivity index (χ4v) is 5.81. The van der Waals surface area contributed by atoms with Crippen LogP contribution in [0.25, 0.3) is 0 Å². The highest BCUT2D eigenvalue weighted by Crippen LogP contribution is 2.68. The third-order valence-corrected chi connectivity index (χ3v) is 7.94. The van der Waals surface area contributed by atoms with Crippen molar-refractivity contribution >= 4 is 34.4 Å². The molecule has 6 nitrogen and oxygen atoms in total. The lowest BCUT2D eigenvalue weighted by Gasteiger charge is -2.21. The Morgan fingerprint density at radius 1 is 1.43 bits per heavy atom. The SMILES string of the molecule is Cc1ncoc1C(N)=[N+](C)C(=N)SCCCN1C[C@@]2(C)C[C@@]2(c2cccc(Cl)c2)C1. The summed E-state index contributed by atoms with van der Waals surface area (Å²) < 4.78 is 6.98. The molecule has 30 heavy (non-hydrogen) atoms. The third-order valence-electron chi connectivity index (χ3n) is 6.67. The first kappa shape index (κ1) is 21.4. The predicted octanol–water partition coefficient (Wildman–Crippen LogP) is 3.71. The molecule has 1 aliphatic heterocycles. The smallest absolute Gasteiger partial charge is 0.290 e. The Morgan fingerprint density at radius 2 is 2.23 bits per heavy atom. The summed E-state index contributed by atoms with van der Waals surface area (Å²) in [5.41, 5.74) is 8.87. The van der Waals surface area contributed by atoms with Gasteiger partial charge in [-0.1, -0.05) is 42.4 Å². The Morgan fingerprint density at radius 3 is 2.93 bits per heavy atom. The number of hydrogen-bond acceptors (Lipinski definition) is 5. The zero-order valence-corrected chi connectivity index (χ0v) is 19.3. The van der Waals surface area contributed by atoms with Crippen molar-refractivity contribution in [3.05, 3.63) is 52.7 Å². The van der Waals surface area contributed by atoms with Crippen molar-refractivity contribution in [2.75, 3.05) is 32.4 Å². The molecule has 1 saturated carbocycles. The highest BCUT2D eigenvalue weighted by molar-refractivity contribution is 8.13. The summed E-state index contributed by atoms with van der Waals surface area (Å²) in [5, 5.41) is 9.56. The van der Waals surface area contributed by atoms with Crippen molar-refractivity contribution in [2.45, 2.75) is 32.1 Å². The maximum absolute atomic E-state index is 8.32. The molecule has 160 valence electrons. The number of piperidine rings is 1. The molecule has 2 aromatic rings. The number of aromatic nitrogens is 1. The Labute approximate surface area is 187 Å². The Balaban J connectivity index is 1.28. The zero-order valence-electron chi connectivity index (χ0n) is 17.7. The van der Waals surface area contributed by atoms with E-state index in [0.29, 0.717) is 22.2 Å². The second kappa shape index (κ2) is 8.02. The van der Waals surface area contributed by atoms with Gasteiger partial charge in [0.15, 0.2) is 6.39 Å². The lowest BCUT2D eigenvalue weighted by Crippen LogP contribution is -2.30. The van der Waals surface area contributed by atoms with Gasteiger partial charge in [-0.15, -0.1) is 0 Å². The van der Waals surface area contributed by atoms with Gasteiger partial charge in [-0.25, -0.2) is 9.56 Å². The minimum Gasteiger partial charge on any atom is -0.437 e. The Bertz CT molecular complexity index is 1000. The monoisotopic (exact) mass is 446 g/mol. The lowest BCUT2D eigenvalue weighted by molar-refractivity contribution is -0.366. The number of hydrogen-bond donors (Lipinski definition) is 2. The molecule has 8 heteroatoms. The van der Waals surface area contributed by atoms with Crippen molar-refractivity contribution in [2.24, 2.45) is 11.1 Å². The van der Waals surface area contributed by atoms with Gasteiger partial charge in [0.25, 0.3) is 11.0 Å². The number of amidine groups is 2. The van der Waals surface area contributed by atoms with Gasteiger partial charge in [-0.2, -0.15) is 5.41 Å². The van der Waals surface area contributed by atoms with Gasteiger partial charge < -0.3 is 15.1 Å². The molecule has 2 atom stereocenters. The molecule has 3 N–H and O–H groups in total. The van der Waals surface area contributed by atoms with Crippen LogP contribution in [0, 0.1) is 17.7 Å². The molecule has 4 rings (SSSR count). The summed E-state index contributed by atoms with van der Waals surface area (Å²) in [5.74, 6) is 1.82. The van der Waals surface area contributed by atoms with E-state index < -0.39 is 0 Å². The van der Waals surface area contributed by atoms with Crippen LogP contribution in [-0.4, -0.2) is 57.9 Å². The summed E-state index contributed by atoms with van der Waals surface area (Å²) in [4.78, 5) is 6.63. The second-order valence-corrected chi connectivity index (χ2v) is 10.3. The highest BCUT2D eigenvalue weighted by Gasteiger charge is 2.69. The molecule has 0 bridgehead atoms. The number of nitrogens with one attached hydrogen (secondary N) is 1. The topological polar surface area (TPSA) is 82.1 Å². The molecule has 1 aromatic carbocycles. The molecule has 0 amide bonds. The van der Waals surface area contributed by atoms with Crippen LogP contribution in [0.15, 0.2) is 35.1 Å². The maximum atomic E-state index is 8.32. The minimum atomic E-state index is 0.260. The van der Waals surface area contributed by atoms with Gasteiger partial charge in [0.1, 0.15) is 0 Å². The number of aryl methyl sites for hydroxylation is 1. The molecule has 2 aliphatic rings. The second-order valence-electron chi connectivity index (χ2n) is 8.76. The molecule has 0 unspecified atom stereocenters. The molecule has 1 aliphatic carbocycles. The van der Waals surface area contributed by atoms with Crippen LogP contribution in [-0.2, 0) is 5.41 Å². The number of thioether (sulfide) groups is 1. The van der Waals surface area contributed by atoms with E-state index in [1.807, 2.05) is 13.0 Å². The van der Waals surface area contributed by atoms with Gasteiger partial charge in [0, 0.05) is 29.3 Å². The summed E-state index contributed by atoms with van der Waals surface area (Å²) in [6.45, 7) is 7.51. The van der Waals surface area contributed by atoms with Crippen molar-refractivity contribution in [3.8, 4) is 0 Å². The van der Waals surface area contributed by atoms with E-state index in [-0.39, 0.29) is 5.41 Å². The Kier molecular flexibility index (Phi) is 5.72. The van der Waals surface area contributed by atoms with E-state index in [4.69, 9.17) is 27.2 Å². The molecule has 1 aromatic heterocycles. The lowest BCUT2D eigenvalue weighted by atomic mass is 9.90. The number of nitrogens with zero attached hydrogens (tertiary/aromatic N) is 3. The minimum absolute atomic E-state index is 0.260. The van der Waals surface area contributed by atoms with Crippen LogP contribution in [0.4, 0.5) is 0 Å². The van der Waals surface area contributed by atoms with Crippen LogP contribution in [0.2, 0.25) is 5.02 Å². The Hall–Kier alpha value is -1.83. The van der Waals surface area contributed by atoms with Crippen molar-refractivity contribution in [1.29, 1.82) is 5.41 Å². The van der Waals surface area contributed by atoms with E-state index in [1.165, 1.54) is 30.1 Å². The quantitative estimate of drug-likeness (QED) is 0.306. The van der Waals surface area contributed by atoms with E-state index >= 15 is 0 Å². The van der Waals surface area contributed by atoms with Crippen LogP contribution >= 0.6 is 23.4 Å². The van der Waals surface area contributed by atoms with E-state index in [2.05, 4.69) is 35.0 Å². The standard InChI is InChI=1S/C22H28ClN5OS/c1-15-18(29-14-26-15)19(24)27(3)20(25)30-9-5-8-28-12-21(2)11-22(21,13-28)16-6-4-7-17(23)10-16/h4,6-7,10,14,24-25H,5,8-9,11-13H2,1-3H3/p+1/t21-,22+/m1/s1. The number of rotatable bonds is 6. The highest BCUT2D eigenvalue weighted by atomic mass is 35.5. The van der Waals surface area contributed by atoms with Gasteiger partial charge in [-0.3, -0.25) is 0 Å². The van der Waals surface area contributed by atoms with Gasteiger partial charge in [-0.05, 0) is 49.4 Å². The van der Waals surface area contributed by atoms with Crippen molar-refractivity contribution in [1.82, 2.24) is 9.88 Å². The first-order valence-corrected chi connectivity index (χ1v) is 11.6. The summed E-state index contributed by atoms with van der Waals surface area (Å²) >= 11 is 7.76. The normalized spacial score (nSPS) is 26.4. The first-order valence-electron chi connectivity index (χ1n) is 10.2. The van der Waals surface area contributed by atoms with Gasteiger partial charge in [0.05, 0.1) is 12.7 Å². The van der Waals surface area contributed by atoms with Gasteiger partial charge >= 0.3 is 0 Å². The average Bonchev–Trinajstić information content (AvgIpc) is 2.99. The van der Waals surface area contributed by atoms with E-state index in [1.54, 1.807) is 11.6 Å². The molecule has 0 spiro atoms. The summed E-state index contributed by atoms with van der Waals surface area (Å²) in [7, 11) is 1.79. The number of halogens is 1. The van der Waals surface area contributed by atoms with Crippen LogP contribution in [0.1, 0.15) is 36.8 Å². The van der Waals surface area contributed by atoms with Crippen LogP contribution < -0.4 is 5.73 Å². The summed E-state index contributed by atoms with van der Waals surface area (Å²) in [6.07, 6.45) is 3.65. The van der Waals surface area contributed by atoms with Crippen LogP contribution in [0.3, 0.4) is 0 Å². The number of oxazole rings is 1. The van der Waals surface area contributed by atoms with E-state index in [9.17, 15) is 0 Å². The van der Waals surface area contributed by atoms with Gasteiger partial charge in [0.2, 0.25) is 5.76 Å². The van der Waals surface area contributed by atoms with Crippen molar-refractivity contribution in [3.63, 3.8) is 0 Å².